The Kier molecular flexibility index (Phi) is 5.43. The van der Waals surface area contributed by atoms with Crippen LogP contribution in [0.3, 0.4) is 0 Å². The normalized spacial score (nSPS) is 16.1. The summed E-state index contributed by atoms with van der Waals surface area (Å²) >= 11 is 6.21. The monoisotopic (exact) mass is 411 g/mol. The molecule has 5 nitrogen and oxygen atoms in total. The van der Waals surface area contributed by atoms with Crippen LogP contribution in [0, 0.1) is 0 Å². The topological polar surface area (TPSA) is 59.8 Å². The molecule has 0 bridgehead atoms. The molecule has 0 unspecified atom stereocenters. The van der Waals surface area contributed by atoms with E-state index in [2.05, 4.69) is 0 Å². The van der Waals surface area contributed by atoms with Crippen molar-refractivity contribution < 1.29 is 13.9 Å². The molecule has 0 saturated heterocycles. The van der Waals surface area contributed by atoms with Gasteiger partial charge in [-0.2, -0.15) is 0 Å². The van der Waals surface area contributed by atoms with Gasteiger partial charge in [0.2, 0.25) is 5.76 Å². The standard InChI is InChI=1S/C23H22ClNO4/c1-14(2)28-12-6-11-25-20(15-7-5-8-16(24)13-15)19-21(26)17-9-3-4-10-18(17)29-22(19)23(25)27/h3-5,7-10,13-14,20H,6,11-12H2,1-2H3/t20-/m1/s1. The zero-order valence-electron chi connectivity index (χ0n) is 16.4. The third kappa shape index (κ3) is 3.68. The van der Waals surface area contributed by atoms with E-state index in [0.717, 1.165) is 5.56 Å². The van der Waals surface area contributed by atoms with Crippen molar-refractivity contribution >= 4 is 28.5 Å². The zero-order chi connectivity index (χ0) is 20.5. The minimum Gasteiger partial charge on any atom is -0.450 e. The first-order valence-electron chi connectivity index (χ1n) is 9.71. The van der Waals surface area contributed by atoms with Gasteiger partial charge in [0, 0.05) is 18.2 Å². The van der Waals surface area contributed by atoms with Crippen molar-refractivity contribution in [2.75, 3.05) is 13.2 Å². The van der Waals surface area contributed by atoms with Gasteiger partial charge in [0.25, 0.3) is 5.91 Å². The van der Waals surface area contributed by atoms with Gasteiger partial charge in [-0.05, 0) is 50.1 Å². The van der Waals surface area contributed by atoms with Crippen molar-refractivity contribution in [1.82, 2.24) is 4.90 Å². The van der Waals surface area contributed by atoms with Gasteiger partial charge in [-0.3, -0.25) is 9.59 Å². The molecule has 150 valence electrons. The van der Waals surface area contributed by atoms with Crippen LogP contribution in [-0.2, 0) is 4.74 Å². The van der Waals surface area contributed by atoms with Crippen LogP contribution in [0.2, 0.25) is 5.02 Å². The highest BCUT2D eigenvalue weighted by Crippen LogP contribution is 2.38. The van der Waals surface area contributed by atoms with Crippen LogP contribution in [-0.4, -0.2) is 30.1 Å². The predicted octanol–water partition coefficient (Wildman–Crippen LogP) is 4.81. The molecular formula is C23H22ClNO4. The summed E-state index contributed by atoms with van der Waals surface area (Å²) in [7, 11) is 0. The fraction of sp³-hybridized carbons (Fsp3) is 0.304. The number of ether oxygens (including phenoxy) is 1. The van der Waals surface area contributed by atoms with Gasteiger partial charge < -0.3 is 14.1 Å². The first-order chi connectivity index (χ1) is 14.0. The number of benzene rings is 2. The molecule has 4 rings (SSSR count). The van der Waals surface area contributed by atoms with E-state index in [1.54, 1.807) is 41.3 Å². The highest BCUT2D eigenvalue weighted by atomic mass is 35.5. The maximum atomic E-state index is 13.3. The Labute approximate surface area is 173 Å². The number of rotatable bonds is 6. The van der Waals surface area contributed by atoms with Crippen molar-refractivity contribution in [3.63, 3.8) is 0 Å². The van der Waals surface area contributed by atoms with Crippen molar-refractivity contribution in [2.24, 2.45) is 0 Å². The number of fused-ring (bicyclic) bond motifs is 2. The molecule has 1 aromatic heterocycles. The molecule has 0 aliphatic carbocycles. The molecule has 0 spiro atoms. The third-order valence-electron chi connectivity index (χ3n) is 5.03. The second kappa shape index (κ2) is 8.01. The number of hydrogen-bond acceptors (Lipinski definition) is 4. The number of nitrogens with zero attached hydrogens (tertiary/aromatic N) is 1. The lowest BCUT2D eigenvalue weighted by Gasteiger charge is -2.25. The number of halogens is 1. The smallest absolute Gasteiger partial charge is 0.290 e. The molecule has 1 aliphatic heterocycles. The summed E-state index contributed by atoms with van der Waals surface area (Å²) in [6, 6.07) is 13.7. The Morgan fingerprint density at radius 2 is 1.93 bits per heavy atom. The van der Waals surface area contributed by atoms with E-state index in [9.17, 15) is 9.59 Å². The van der Waals surface area contributed by atoms with Gasteiger partial charge in [-0.25, -0.2) is 0 Å². The minimum absolute atomic E-state index is 0.114. The summed E-state index contributed by atoms with van der Waals surface area (Å²) < 4.78 is 11.5. The maximum Gasteiger partial charge on any atom is 0.290 e. The average Bonchev–Trinajstić information content (AvgIpc) is 2.98. The molecular weight excluding hydrogens is 390 g/mol. The van der Waals surface area contributed by atoms with Crippen LogP contribution >= 0.6 is 11.6 Å². The van der Waals surface area contributed by atoms with E-state index in [0.29, 0.717) is 41.1 Å². The lowest BCUT2D eigenvalue weighted by Crippen LogP contribution is -2.31. The van der Waals surface area contributed by atoms with Gasteiger partial charge >= 0.3 is 0 Å². The van der Waals surface area contributed by atoms with Gasteiger partial charge in [-0.1, -0.05) is 35.9 Å². The first-order valence-corrected chi connectivity index (χ1v) is 10.1. The maximum absolute atomic E-state index is 13.3. The van der Waals surface area contributed by atoms with Gasteiger partial charge in [0.1, 0.15) is 5.58 Å². The number of carbonyl (C=O) groups is 1. The largest absolute Gasteiger partial charge is 0.450 e. The highest BCUT2D eigenvalue weighted by Gasteiger charge is 2.42. The summed E-state index contributed by atoms with van der Waals surface area (Å²) in [5.74, 6) is -0.166. The Bertz CT molecular complexity index is 1120. The molecule has 0 saturated carbocycles. The SMILES string of the molecule is CC(C)OCCCN1C(=O)c2oc3ccccc3c(=O)c2[C@H]1c1cccc(Cl)c1. The van der Waals surface area contributed by atoms with E-state index in [4.69, 9.17) is 20.8 Å². The second-order valence-electron chi connectivity index (χ2n) is 7.40. The zero-order valence-corrected chi connectivity index (χ0v) is 17.1. The molecule has 6 heteroatoms. The quantitative estimate of drug-likeness (QED) is 0.546. The minimum atomic E-state index is -0.531. The molecule has 3 aromatic rings. The van der Waals surface area contributed by atoms with Crippen LogP contribution in [0.1, 0.15) is 48.0 Å². The molecule has 2 heterocycles. The molecule has 1 atom stereocenters. The van der Waals surface area contributed by atoms with Gasteiger partial charge in [-0.15, -0.1) is 0 Å². The van der Waals surface area contributed by atoms with Crippen molar-refractivity contribution in [2.45, 2.75) is 32.4 Å². The van der Waals surface area contributed by atoms with Crippen LogP contribution in [0.4, 0.5) is 0 Å². The van der Waals surface area contributed by atoms with Crippen LogP contribution in [0.15, 0.2) is 57.7 Å². The third-order valence-corrected chi connectivity index (χ3v) is 5.27. The summed E-state index contributed by atoms with van der Waals surface area (Å²) in [5.41, 5.74) is 1.40. The van der Waals surface area contributed by atoms with E-state index in [1.165, 1.54) is 0 Å². The van der Waals surface area contributed by atoms with E-state index >= 15 is 0 Å². The highest BCUT2D eigenvalue weighted by molar-refractivity contribution is 6.30. The fourth-order valence-electron chi connectivity index (χ4n) is 3.77. The van der Waals surface area contributed by atoms with Gasteiger partial charge in [0.05, 0.1) is 23.1 Å². The Hall–Kier alpha value is -2.63. The molecule has 0 fully saturated rings. The lowest BCUT2D eigenvalue weighted by atomic mass is 9.98. The Balaban J connectivity index is 1.81. The predicted molar refractivity (Wildman–Crippen MR) is 113 cm³/mol. The molecule has 0 N–H and O–H groups in total. The summed E-state index contributed by atoms with van der Waals surface area (Å²) in [4.78, 5) is 28.2. The number of para-hydroxylation sites is 1. The van der Waals surface area contributed by atoms with E-state index < -0.39 is 6.04 Å². The molecule has 2 aromatic carbocycles. The second-order valence-corrected chi connectivity index (χ2v) is 7.84. The van der Waals surface area contributed by atoms with Crippen LogP contribution < -0.4 is 5.43 Å². The van der Waals surface area contributed by atoms with Crippen LogP contribution in [0.25, 0.3) is 11.0 Å². The molecule has 1 amide bonds. The Morgan fingerprint density at radius 1 is 1.14 bits per heavy atom. The molecule has 29 heavy (non-hydrogen) atoms. The average molecular weight is 412 g/mol. The summed E-state index contributed by atoms with van der Waals surface area (Å²) in [6.45, 7) is 4.92. The molecule has 1 aliphatic rings. The number of amides is 1. The molecule has 0 radical (unpaired) electrons. The Morgan fingerprint density at radius 3 is 2.69 bits per heavy atom. The number of carbonyl (C=O) groups excluding carboxylic acids is 1. The lowest BCUT2D eigenvalue weighted by molar-refractivity contribution is 0.0593. The van der Waals surface area contributed by atoms with Crippen LogP contribution in [0.5, 0.6) is 0 Å². The van der Waals surface area contributed by atoms with Crippen molar-refractivity contribution in [3.8, 4) is 0 Å². The fourth-order valence-corrected chi connectivity index (χ4v) is 3.97. The summed E-state index contributed by atoms with van der Waals surface area (Å²) in [5, 5.41) is 1.02. The summed E-state index contributed by atoms with van der Waals surface area (Å²) in [6.07, 6.45) is 0.779. The first kappa shape index (κ1) is 19.7. The number of hydrogen-bond donors (Lipinski definition) is 0. The van der Waals surface area contributed by atoms with Crippen molar-refractivity contribution in [3.05, 3.63) is 80.7 Å². The van der Waals surface area contributed by atoms with E-state index in [1.807, 2.05) is 26.0 Å². The van der Waals surface area contributed by atoms with Crippen molar-refractivity contribution in [1.29, 1.82) is 0 Å². The van der Waals surface area contributed by atoms with E-state index in [-0.39, 0.29) is 23.2 Å². The van der Waals surface area contributed by atoms with Gasteiger partial charge in [0.15, 0.2) is 5.43 Å².